The minimum absolute atomic E-state index is 0.141. The van der Waals surface area contributed by atoms with Crippen LogP contribution < -0.4 is 0 Å². The standard InChI is InChI=1S/C17H23NO4S/c19-23(20,16-11-15(16)14-5-2-1-3-6-14)18-8-10-22-17(12-18)7-4-9-21-13-17/h1-3,5-6,15-16H,4,7-13H2. The fourth-order valence-electron chi connectivity index (χ4n) is 3.84. The van der Waals surface area contributed by atoms with Crippen LogP contribution in [-0.2, 0) is 19.5 Å². The number of benzene rings is 1. The van der Waals surface area contributed by atoms with E-state index in [0.29, 0.717) is 26.3 Å². The molecule has 2 heterocycles. The van der Waals surface area contributed by atoms with Crippen molar-refractivity contribution in [1.29, 1.82) is 0 Å². The Labute approximate surface area is 137 Å². The van der Waals surface area contributed by atoms with Crippen LogP contribution in [0.2, 0.25) is 0 Å². The van der Waals surface area contributed by atoms with Gasteiger partial charge in [0.2, 0.25) is 10.0 Å². The minimum Gasteiger partial charge on any atom is -0.378 e. The van der Waals surface area contributed by atoms with Crippen LogP contribution in [0.25, 0.3) is 0 Å². The second-order valence-corrected chi connectivity index (χ2v) is 9.01. The number of rotatable bonds is 3. The molecular formula is C17H23NO4S. The molecule has 3 fully saturated rings. The molecule has 0 N–H and O–H groups in total. The molecule has 0 bridgehead atoms. The van der Waals surface area contributed by atoms with Gasteiger partial charge in [-0.2, -0.15) is 4.31 Å². The van der Waals surface area contributed by atoms with Gasteiger partial charge in [-0.3, -0.25) is 0 Å². The fraction of sp³-hybridized carbons (Fsp3) is 0.647. The summed E-state index contributed by atoms with van der Waals surface area (Å²) >= 11 is 0. The molecule has 3 aliphatic rings. The highest BCUT2D eigenvalue weighted by molar-refractivity contribution is 7.90. The van der Waals surface area contributed by atoms with Crippen molar-refractivity contribution < 1.29 is 17.9 Å². The van der Waals surface area contributed by atoms with E-state index in [4.69, 9.17) is 9.47 Å². The van der Waals surface area contributed by atoms with Crippen LogP contribution in [0, 0.1) is 0 Å². The van der Waals surface area contributed by atoms with Gasteiger partial charge in [-0.1, -0.05) is 30.3 Å². The largest absolute Gasteiger partial charge is 0.378 e. The van der Waals surface area contributed by atoms with Crippen LogP contribution in [0.4, 0.5) is 0 Å². The van der Waals surface area contributed by atoms with Gasteiger partial charge >= 0.3 is 0 Å². The first-order valence-corrected chi connectivity index (χ1v) is 9.87. The maximum absolute atomic E-state index is 13.0. The van der Waals surface area contributed by atoms with Gasteiger partial charge in [0.1, 0.15) is 5.60 Å². The molecule has 0 aromatic heterocycles. The first-order valence-electron chi connectivity index (χ1n) is 8.36. The van der Waals surface area contributed by atoms with E-state index in [1.54, 1.807) is 4.31 Å². The van der Waals surface area contributed by atoms with E-state index in [1.807, 2.05) is 30.3 Å². The molecule has 23 heavy (non-hydrogen) atoms. The third kappa shape index (κ3) is 2.93. The van der Waals surface area contributed by atoms with Crippen LogP contribution >= 0.6 is 0 Å². The predicted octanol–water partition coefficient (Wildman–Crippen LogP) is 1.75. The molecule has 2 saturated heterocycles. The Bertz CT molecular complexity index is 649. The first kappa shape index (κ1) is 15.6. The zero-order valence-corrected chi connectivity index (χ0v) is 14.0. The summed E-state index contributed by atoms with van der Waals surface area (Å²) in [6.45, 7) is 2.61. The Kier molecular flexibility index (Phi) is 3.96. The number of nitrogens with zero attached hydrogens (tertiary/aromatic N) is 1. The summed E-state index contributed by atoms with van der Waals surface area (Å²) < 4.78 is 39.1. The Balaban J connectivity index is 1.49. The summed E-state index contributed by atoms with van der Waals surface area (Å²) in [6.07, 6.45) is 2.54. The summed E-state index contributed by atoms with van der Waals surface area (Å²) in [5.74, 6) is 0.141. The molecule has 1 aromatic rings. The van der Waals surface area contributed by atoms with Gasteiger partial charge in [0.25, 0.3) is 0 Å². The summed E-state index contributed by atoms with van der Waals surface area (Å²) in [5.41, 5.74) is 0.700. The Hall–Kier alpha value is -0.950. The topological polar surface area (TPSA) is 55.8 Å². The molecule has 3 unspecified atom stereocenters. The van der Waals surface area contributed by atoms with Crippen molar-refractivity contribution in [3.8, 4) is 0 Å². The molecular weight excluding hydrogens is 314 g/mol. The molecule has 1 aliphatic carbocycles. The van der Waals surface area contributed by atoms with E-state index in [0.717, 1.165) is 31.4 Å². The Morgan fingerprint density at radius 2 is 2.00 bits per heavy atom. The van der Waals surface area contributed by atoms with E-state index in [-0.39, 0.29) is 11.2 Å². The van der Waals surface area contributed by atoms with Gasteiger partial charge in [0, 0.05) is 25.6 Å². The number of hydrogen-bond donors (Lipinski definition) is 0. The molecule has 1 saturated carbocycles. The van der Waals surface area contributed by atoms with Crippen LogP contribution in [0.1, 0.15) is 30.7 Å². The molecule has 126 valence electrons. The zero-order valence-electron chi connectivity index (χ0n) is 13.2. The lowest BCUT2D eigenvalue weighted by atomic mass is 9.95. The van der Waals surface area contributed by atoms with Crippen molar-refractivity contribution in [1.82, 2.24) is 4.31 Å². The highest BCUT2D eigenvalue weighted by Gasteiger charge is 2.52. The maximum Gasteiger partial charge on any atom is 0.217 e. The lowest BCUT2D eigenvalue weighted by Gasteiger charge is -2.44. The summed E-state index contributed by atoms with van der Waals surface area (Å²) in [5, 5.41) is -0.274. The van der Waals surface area contributed by atoms with Crippen LogP contribution in [0.15, 0.2) is 30.3 Å². The van der Waals surface area contributed by atoms with Crippen LogP contribution in [-0.4, -0.2) is 56.5 Å². The van der Waals surface area contributed by atoms with Crippen molar-refractivity contribution in [3.05, 3.63) is 35.9 Å². The summed E-state index contributed by atoms with van der Waals surface area (Å²) in [7, 11) is -3.26. The van der Waals surface area contributed by atoms with Gasteiger partial charge < -0.3 is 9.47 Å². The molecule has 1 aromatic carbocycles. The highest BCUT2D eigenvalue weighted by atomic mass is 32.2. The fourth-order valence-corrected chi connectivity index (χ4v) is 5.99. The highest BCUT2D eigenvalue weighted by Crippen LogP contribution is 2.47. The van der Waals surface area contributed by atoms with E-state index >= 15 is 0 Å². The summed E-state index contributed by atoms with van der Waals surface area (Å²) in [6, 6.07) is 9.96. The zero-order chi connectivity index (χ0) is 15.9. The van der Waals surface area contributed by atoms with Crippen LogP contribution in [0.3, 0.4) is 0 Å². The monoisotopic (exact) mass is 337 g/mol. The molecule has 4 rings (SSSR count). The van der Waals surface area contributed by atoms with Crippen molar-refractivity contribution in [3.63, 3.8) is 0 Å². The number of morpholine rings is 1. The van der Waals surface area contributed by atoms with E-state index in [9.17, 15) is 8.42 Å². The maximum atomic E-state index is 13.0. The number of ether oxygens (including phenoxy) is 2. The van der Waals surface area contributed by atoms with E-state index < -0.39 is 15.6 Å². The average Bonchev–Trinajstić information content (AvgIpc) is 3.38. The Morgan fingerprint density at radius 3 is 2.74 bits per heavy atom. The number of hydrogen-bond acceptors (Lipinski definition) is 4. The normalized spacial score (nSPS) is 35.3. The molecule has 3 atom stereocenters. The lowest BCUT2D eigenvalue weighted by Crippen LogP contribution is -2.57. The molecule has 5 nitrogen and oxygen atoms in total. The first-order chi connectivity index (χ1) is 11.1. The third-order valence-electron chi connectivity index (χ3n) is 5.20. The van der Waals surface area contributed by atoms with E-state index in [2.05, 4.69) is 0 Å². The smallest absolute Gasteiger partial charge is 0.217 e. The average molecular weight is 337 g/mol. The SMILES string of the molecule is O=S(=O)(C1CC1c1ccccc1)N1CCOC2(CCCOC2)C1. The van der Waals surface area contributed by atoms with Crippen molar-refractivity contribution >= 4 is 10.0 Å². The summed E-state index contributed by atoms with van der Waals surface area (Å²) in [4.78, 5) is 0. The van der Waals surface area contributed by atoms with Gasteiger partial charge in [0.05, 0.1) is 18.5 Å². The third-order valence-corrected chi connectivity index (χ3v) is 7.52. The second kappa shape index (κ2) is 5.84. The molecule has 2 aliphatic heterocycles. The predicted molar refractivity (Wildman–Crippen MR) is 86.8 cm³/mol. The second-order valence-electron chi connectivity index (χ2n) is 6.86. The van der Waals surface area contributed by atoms with Crippen molar-refractivity contribution in [2.75, 3.05) is 32.9 Å². The quantitative estimate of drug-likeness (QED) is 0.843. The van der Waals surface area contributed by atoms with Gasteiger partial charge in [-0.15, -0.1) is 0 Å². The van der Waals surface area contributed by atoms with Crippen LogP contribution in [0.5, 0.6) is 0 Å². The van der Waals surface area contributed by atoms with Crippen molar-refractivity contribution in [2.45, 2.75) is 36.0 Å². The van der Waals surface area contributed by atoms with E-state index in [1.165, 1.54) is 0 Å². The lowest BCUT2D eigenvalue weighted by molar-refractivity contribution is -0.155. The van der Waals surface area contributed by atoms with Crippen molar-refractivity contribution in [2.24, 2.45) is 0 Å². The number of sulfonamides is 1. The van der Waals surface area contributed by atoms with Gasteiger partial charge in [-0.05, 0) is 24.8 Å². The molecule has 0 radical (unpaired) electrons. The molecule has 1 spiro atoms. The van der Waals surface area contributed by atoms with Gasteiger partial charge in [-0.25, -0.2) is 8.42 Å². The minimum atomic E-state index is -3.26. The molecule has 0 amide bonds. The van der Waals surface area contributed by atoms with Gasteiger partial charge in [0.15, 0.2) is 0 Å². The Morgan fingerprint density at radius 1 is 1.17 bits per heavy atom. The molecule has 6 heteroatoms.